The number of rotatable bonds is 3. The maximum Gasteiger partial charge on any atom is 0.239 e. The molecule has 2 nitrogen and oxygen atoms in total. The monoisotopic (exact) mass is 310 g/mol. The minimum Gasteiger partial charge on any atom is -0.289 e. The van der Waals surface area contributed by atoms with Crippen LogP contribution in [0.5, 0.6) is 0 Å². The van der Waals surface area contributed by atoms with E-state index in [1.165, 1.54) is 11.3 Å². The molecule has 0 spiro atoms. The van der Waals surface area contributed by atoms with E-state index in [2.05, 4.69) is 31.9 Å². The lowest BCUT2D eigenvalue weighted by atomic mass is 10.2. The Balaban J connectivity index is 2.85. The number of thiophene rings is 1. The largest absolute Gasteiger partial charge is 0.289 e. The van der Waals surface area contributed by atoms with Crippen LogP contribution < -0.4 is 0 Å². The van der Waals surface area contributed by atoms with Crippen LogP contribution in [0.25, 0.3) is 0 Å². The van der Waals surface area contributed by atoms with Crippen molar-refractivity contribution in [2.45, 2.75) is 0 Å². The Morgan fingerprint density at radius 1 is 1.50 bits per heavy atom. The van der Waals surface area contributed by atoms with Gasteiger partial charge in [0.25, 0.3) is 0 Å². The molecule has 0 amide bonds. The van der Waals surface area contributed by atoms with E-state index in [0.29, 0.717) is 4.88 Å². The molecule has 0 N–H and O–H groups in total. The van der Waals surface area contributed by atoms with Crippen LogP contribution in [0.2, 0.25) is 0 Å². The molecule has 12 heavy (non-hydrogen) atoms. The lowest BCUT2D eigenvalue weighted by Gasteiger charge is -1.89. The van der Waals surface area contributed by atoms with Crippen LogP contribution in [0, 0.1) is 0 Å². The summed E-state index contributed by atoms with van der Waals surface area (Å²) in [6.45, 7) is 0. The van der Waals surface area contributed by atoms with Gasteiger partial charge in [0.1, 0.15) is 0 Å². The van der Waals surface area contributed by atoms with Crippen molar-refractivity contribution in [3.8, 4) is 0 Å². The van der Waals surface area contributed by atoms with E-state index in [4.69, 9.17) is 0 Å². The molecular weight excluding hydrogens is 308 g/mol. The lowest BCUT2D eigenvalue weighted by molar-refractivity contribution is -0.112. The predicted molar refractivity (Wildman–Crippen MR) is 55.2 cm³/mol. The number of Topliss-reactive ketones (excluding diaryl/α,β-unsaturated/α-hetero) is 2. The van der Waals surface area contributed by atoms with Crippen molar-refractivity contribution in [1.29, 1.82) is 0 Å². The van der Waals surface area contributed by atoms with E-state index in [1.807, 2.05) is 0 Å². The highest BCUT2D eigenvalue weighted by Gasteiger charge is 2.15. The fourth-order valence-corrected chi connectivity index (χ4v) is 2.27. The van der Waals surface area contributed by atoms with Crippen LogP contribution >= 0.6 is 43.2 Å². The van der Waals surface area contributed by atoms with Gasteiger partial charge >= 0.3 is 0 Å². The van der Waals surface area contributed by atoms with Crippen molar-refractivity contribution >= 4 is 54.8 Å². The smallest absolute Gasteiger partial charge is 0.239 e. The molecule has 0 radical (unpaired) electrons. The average molecular weight is 312 g/mol. The second-order valence-corrected chi connectivity index (χ2v) is 4.40. The number of alkyl halides is 1. The second-order valence-electron chi connectivity index (χ2n) is 2.02. The Hall–Kier alpha value is -0.0000000000000000833. The maximum atomic E-state index is 11.2. The van der Waals surface area contributed by atoms with Gasteiger partial charge in [0.05, 0.1) is 10.2 Å². The molecule has 0 aliphatic heterocycles. The fraction of sp³-hybridized carbons (Fsp3) is 0.143. The van der Waals surface area contributed by atoms with Gasteiger partial charge in [-0.3, -0.25) is 9.59 Å². The summed E-state index contributed by atoms with van der Waals surface area (Å²) in [4.78, 5) is 22.6. The van der Waals surface area contributed by atoms with Gasteiger partial charge < -0.3 is 0 Å². The summed E-state index contributed by atoms with van der Waals surface area (Å²) in [5, 5.41) is 1.86. The van der Waals surface area contributed by atoms with Gasteiger partial charge in [-0.2, -0.15) is 0 Å². The summed E-state index contributed by atoms with van der Waals surface area (Å²) in [5.41, 5.74) is 0. The molecule has 0 bridgehead atoms. The second kappa shape index (κ2) is 4.30. The van der Waals surface area contributed by atoms with Crippen molar-refractivity contribution < 1.29 is 9.59 Å². The Morgan fingerprint density at radius 3 is 2.58 bits per heavy atom. The SMILES string of the molecule is O=C(CBr)C(=O)c1cc(Br)cs1. The fourth-order valence-electron chi connectivity index (χ4n) is 0.630. The van der Waals surface area contributed by atoms with Crippen LogP contribution in [0.3, 0.4) is 0 Å². The van der Waals surface area contributed by atoms with Gasteiger partial charge in [0.15, 0.2) is 0 Å². The number of carbonyl (C=O) groups is 2. The zero-order valence-corrected chi connectivity index (χ0v) is 9.83. The molecule has 0 saturated carbocycles. The summed E-state index contributed by atoms with van der Waals surface area (Å²) in [6, 6.07) is 1.65. The number of halogens is 2. The number of hydrogen-bond acceptors (Lipinski definition) is 3. The molecule has 5 heteroatoms. The molecule has 64 valence electrons. The number of carbonyl (C=O) groups excluding carboxylic acids is 2. The molecule has 0 aliphatic carbocycles. The molecule has 1 aromatic rings. The summed E-state index contributed by atoms with van der Waals surface area (Å²) < 4.78 is 0.832. The third-order valence-electron chi connectivity index (χ3n) is 1.17. The van der Waals surface area contributed by atoms with Gasteiger partial charge in [-0.25, -0.2) is 0 Å². The Bertz CT molecular complexity index is 319. The minimum atomic E-state index is -0.428. The summed E-state index contributed by atoms with van der Waals surface area (Å²) >= 11 is 7.41. The quantitative estimate of drug-likeness (QED) is 0.488. The van der Waals surface area contributed by atoms with E-state index in [0.717, 1.165) is 4.47 Å². The highest BCUT2D eigenvalue weighted by molar-refractivity contribution is 9.10. The van der Waals surface area contributed by atoms with Crippen LogP contribution in [0.4, 0.5) is 0 Å². The van der Waals surface area contributed by atoms with Gasteiger partial charge in [0.2, 0.25) is 11.6 Å². The molecule has 0 fully saturated rings. The first-order valence-corrected chi connectivity index (χ1v) is 5.82. The number of ketones is 2. The summed E-state index contributed by atoms with van der Waals surface area (Å²) in [7, 11) is 0. The van der Waals surface area contributed by atoms with Gasteiger partial charge in [-0.05, 0) is 22.0 Å². The van der Waals surface area contributed by atoms with Crippen LogP contribution in [0.15, 0.2) is 15.9 Å². The lowest BCUT2D eigenvalue weighted by Crippen LogP contribution is -2.13. The molecule has 0 saturated heterocycles. The van der Waals surface area contributed by atoms with Crippen LogP contribution in [-0.4, -0.2) is 16.9 Å². The molecule has 1 aromatic heterocycles. The van der Waals surface area contributed by atoms with E-state index >= 15 is 0 Å². The summed E-state index contributed by atoms with van der Waals surface area (Å²) in [6.07, 6.45) is 0. The third-order valence-corrected chi connectivity index (χ3v) is 3.37. The highest BCUT2D eigenvalue weighted by Crippen LogP contribution is 2.20. The van der Waals surface area contributed by atoms with Crippen molar-refractivity contribution in [3.63, 3.8) is 0 Å². The molecule has 1 rings (SSSR count). The van der Waals surface area contributed by atoms with E-state index in [-0.39, 0.29) is 5.33 Å². The van der Waals surface area contributed by atoms with Crippen molar-refractivity contribution in [1.82, 2.24) is 0 Å². The van der Waals surface area contributed by atoms with Crippen molar-refractivity contribution in [2.75, 3.05) is 5.33 Å². The third kappa shape index (κ3) is 2.24. The molecular formula is C7H4Br2O2S. The van der Waals surface area contributed by atoms with Crippen LogP contribution in [-0.2, 0) is 4.79 Å². The van der Waals surface area contributed by atoms with Crippen LogP contribution in [0.1, 0.15) is 9.67 Å². The van der Waals surface area contributed by atoms with Crippen molar-refractivity contribution in [3.05, 3.63) is 20.8 Å². The Morgan fingerprint density at radius 2 is 2.17 bits per heavy atom. The first-order valence-electron chi connectivity index (χ1n) is 3.02. The Labute approximate surface area is 90.2 Å². The zero-order chi connectivity index (χ0) is 9.14. The van der Waals surface area contributed by atoms with Crippen molar-refractivity contribution in [2.24, 2.45) is 0 Å². The average Bonchev–Trinajstić information content (AvgIpc) is 2.49. The standard InChI is InChI=1S/C7H4Br2O2S/c8-2-5(10)7(11)6-1-4(9)3-12-6/h1,3H,2H2. The van der Waals surface area contributed by atoms with Gasteiger partial charge in [-0.15, -0.1) is 11.3 Å². The normalized spacial score (nSPS) is 9.83. The zero-order valence-electron chi connectivity index (χ0n) is 5.84. The van der Waals surface area contributed by atoms with Gasteiger partial charge in [0, 0.05) is 9.85 Å². The van der Waals surface area contributed by atoms with E-state index in [9.17, 15) is 9.59 Å². The minimum absolute atomic E-state index is 0.0847. The number of hydrogen-bond donors (Lipinski definition) is 0. The molecule has 0 aliphatic rings. The predicted octanol–water partition coefficient (Wildman–Crippen LogP) is 2.66. The molecule has 0 unspecified atom stereocenters. The summed E-state index contributed by atoms with van der Waals surface area (Å²) in [5.74, 6) is -0.841. The highest BCUT2D eigenvalue weighted by atomic mass is 79.9. The Kier molecular flexibility index (Phi) is 3.61. The first-order chi connectivity index (χ1) is 5.65. The first kappa shape index (κ1) is 10.1. The van der Waals surface area contributed by atoms with E-state index < -0.39 is 11.6 Å². The molecule has 0 aromatic carbocycles. The van der Waals surface area contributed by atoms with E-state index in [1.54, 1.807) is 11.4 Å². The molecule has 1 heterocycles. The molecule has 0 atom stereocenters. The topological polar surface area (TPSA) is 34.1 Å². The van der Waals surface area contributed by atoms with Gasteiger partial charge in [-0.1, -0.05) is 15.9 Å². The maximum absolute atomic E-state index is 11.2.